The fourth-order valence-corrected chi connectivity index (χ4v) is 2.06. The maximum Gasteiger partial charge on any atom is 0.0379 e. The Morgan fingerprint density at radius 3 is 3.07 bits per heavy atom. The maximum atomic E-state index is 5.78. The molecular weight excluding hydrogens is 172 g/mol. The molecule has 2 atom stereocenters. The Balaban J connectivity index is 2.24. The predicted molar refractivity (Wildman–Crippen MR) is 60.7 cm³/mol. The molecule has 0 saturated heterocycles. The summed E-state index contributed by atoms with van der Waals surface area (Å²) in [6.45, 7) is 5.37. The zero-order valence-electron chi connectivity index (χ0n) is 8.88. The van der Waals surface area contributed by atoms with Crippen LogP contribution in [0.25, 0.3) is 0 Å². The van der Waals surface area contributed by atoms with Gasteiger partial charge in [0.25, 0.3) is 0 Å². The van der Waals surface area contributed by atoms with E-state index in [1.54, 1.807) is 0 Å². The van der Waals surface area contributed by atoms with Crippen LogP contribution in [0.1, 0.15) is 30.9 Å². The average molecular weight is 190 g/mol. The number of fused-ring (bicyclic) bond motifs is 1. The molecule has 0 aliphatic carbocycles. The van der Waals surface area contributed by atoms with E-state index < -0.39 is 0 Å². The van der Waals surface area contributed by atoms with Crippen LogP contribution in [0, 0.1) is 0 Å². The third-order valence-electron chi connectivity index (χ3n) is 2.80. The minimum atomic E-state index is 0.242. The maximum absolute atomic E-state index is 5.78. The van der Waals surface area contributed by atoms with Gasteiger partial charge in [-0.15, -0.1) is 0 Å². The minimum absolute atomic E-state index is 0.242. The normalized spacial score (nSPS) is 21.5. The second-order valence-corrected chi connectivity index (χ2v) is 4.38. The summed E-state index contributed by atoms with van der Waals surface area (Å²) in [7, 11) is 0. The van der Waals surface area contributed by atoms with Gasteiger partial charge in [-0.3, -0.25) is 0 Å². The first-order valence-corrected chi connectivity index (χ1v) is 5.29. The third kappa shape index (κ3) is 1.75. The second-order valence-electron chi connectivity index (χ2n) is 4.38. The van der Waals surface area contributed by atoms with E-state index in [4.69, 9.17) is 5.73 Å². The molecule has 1 aliphatic rings. The molecule has 0 bridgehead atoms. The molecule has 2 rings (SSSR count). The van der Waals surface area contributed by atoms with Crippen molar-refractivity contribution in [3.63, 3.8) is 0 Å². The monoisotopic (exact) mass is 190 g/mol. The van der Waals surface area contributed by atoms with Crippen LogP contribution in [0.5, 0.6) is 0 Å². The van der Waals surface area contributed by atoms with Gasteiger partial charge in [0, 0.05) is 24.2 Å². The van der Waals surface area contributed by atoms with Crippen LogP contribution in [0.2, 0.25) is 0 Å². The molecule has 2 unspecified atom stereocenters. The molecule has 1 aliphatic heterocycles. The van der Waals surface area contributed by atoms with E-state index >= 15 is 0 Å². The number of nitrogens with two attached hydrogens (primary N) is 1. The quantitative estimate of drug-likeness (QED) is 0.749. The average Bonchev–Trinajstić information content (AvgIpc) is 2.46. The van der Waals surface area contributed by atoms with Crippen LogP contribution in [-0.4, -0.2) is 12.6 Å². The molecule has 0 radical (unpaired) electrons. The molecule has 2 heteroatoms. The summed E-state index contributed by atoms with van der Waals surface area (Å²) in [5.41, 5.74) is 9.85. The molecular formula is C12H18N2. The van der Waals surface area contributed by atoms with E-state index in [-0.39, 0.29) is 6.04 Å². The Bertz CT molecular complexity index is 331. The van der Waals surface area contributed by atoms with Gasteiger partial charge in [-0.2, -0.15) is 0 Å². The summed E-state index contributed by atoms with van der Waals surface area (Å²) in [4.78, 5) is 0. The van der Waals surface area contributed by atoms with E-state index in [2.05, 4.69) is 30.4 Å². The summed E-state index contributed by atoms with van der Waals surface area (Å²) in [6, 6.07) is 6.91. The molecule has 0 saturated carbocycles. The van der Waals surface area contributed by atoms with Crippen LogP contribution in [0.15, 0.2) is 18.2 Å². The van der Waals surface area contributed by atoms with Crippen LogP contribution >= 0.6 is 0 Å². The first kappa shape index (κ1) is 9.53. The number of hydrogen-bond acceptors (Lipinski definition) is 2. The molecule has 3 N–H and O–H groups in total. The summed E-state index contributed by atoms with van der Waals surface area (Å²) < 4.78 is 0. The highest BCUT2D eigenvalue weighted by Crippen LogP contribution is 2.31. The largest absolute Gasteiger partial charge is 0.384 e. The highest BCUT2D eigenvalue weighted by Gasteiger charge is 2.17. The lowest BCUT2D eigenvalue weighted by Gasteiger charge is -2.08. The first-order valence-electron chi connectivity index (χ1n) is 5.29. The summed E-state index contributed by atoms with van der Waals surface area (Å²) >= 11 is 0. The zero-order valence-corrected chi connectivity index (χ0v) is 8.88. The third-order valence-corrected chi connectivity index (χ3v) is 2.80. The number of nitrogens with one attached hydrogen (secondary N) is 1. The van der Waals surface area contributed by atoms with Gasteiger partial charge in [0.15, 0.2) is 0 Å². The molecule has 1 aromatic rings. The van der Waals surface area contributed by atoms with Gasteiger partial charge in [-0.1, -0.05) is 19.1 Å². The number of benzene rings is 1. The van der Waals surface area contributed by atoms with Gasteiger partial charge in [0.1, 0.15) is 0 Å². The SMILES string of the molecule is CC(N)Cc1ccc2c(c1)NCC2C. The van der Waals surface area contributed by atoms with Gasteiger partial charge in [-0.05, 0) is 30.5 Å². The number of hydrogen-bond donors (Lipinski definition) is 2. The lowest BCUT2D eigenvalue weighted by atomic mass is 9.99. The number of rotatable bonds is 2. The topological polar surface area (TPSA) is 38.0 Å². The van der Waals surface area contributed by atoms with Crippen LogP contribution in [-0.2, 0) is 6.42 Å². The van der Waals surface area contributed by atoms with Crippen LogP contribution < -0.4 is 11.1 Å². The molecule has 14 heavy (non-hydrogen) atoms. The predicted octanol–water partition coefficient (Wildman–Crippen LogP) is 2.11. The Labute approximate surface area is 85.5 Å². The highest BCUT2D eigenvalue weighted by atomic mass is 14.9. The molecule has 0 amide bonds. The lowest BCUT2D eigenvalue weighted by Crippen LogP contribution is -2.17. The van der Waals surface area contributed by atoms with Crippen molar-refractivity contribution < 1.29 is 0 Å². The Hall–Kier alpha value is -1.02. The zero-order chi connectivity index (χ0) is 10.1. The van der Waals surface area contributed by atoms with Crippen molar-refractivity contribution in [2.24, 2.45) is 5.73 Å². The Morgan fingerprint density at radius 1 is 1.57 bits per heavy atom. The fourth-order valence-electron chi connectivity index (χ4n) is 2.06. The molecule has 76 valence electrons. The van der Waals surface area contributed by atoms with Crippen molar-refractivity contribution in [3.05, 3.63) is 29.3 Å². The Kier molecular flexibility index (Phi) is 2.46. The van der Waals surface area contributed by atoms with E-state index in [1.165, 1.54) is 16.8 Å². The first-order chi connectivity index (χ1) is 6.66. The van der Waals surface area contributed by atoms with E-state index in [0.29, 0.717) is 5.92 Å². The van der Waals surface area contributed by atoms with Crippen molar-refractivity contribution >= 4 is 5.69 Å². The standard InChI is InChI=1S/C12H18N2/c1-8-7-14-12-6-10(5-9(2)13)3-4-11(8)12/h3-4,6,8-9,14H,5,7,13H2,1-2H3. The van der Waals surface area contributed by atoms with Crippen molar-refractivity contribution in [1.82, 2.24) is 0 Å². The van der Waals surface area contributed by atoms with Gasteiger partial charge in [-0.25, -0.2) is 0 Å². The molecule has 0 fully saturated rings. The second kappa shape index (κ2) is 3.62. The van der Waals surface area contributed by atoms with Crippen molar-refractivity contribution in [2.75, 3.05) is 11.9 Å². The van der Waals surface area contributed by atoms with E-state index in [0.717, 1.165) is 13.0 Å². The van der Waals surface area contributed by atoms with Gasteiger partial charge in [0.2, 0.25) is 0 Å². The molecule has 0 aromatic heterocycles. The minimum Gasteiger partial charge on any atom is -0.384 e. The van der Waals surface area contributed by atoms with Gasteiger partial charge in [0.05, 0.1) is 0 Å². The summed E-state index contributed by atoms with van der Waals surface area (Å²) in [6.07, 6.45) is 0.962. The van der Waals surface area contributed by atoms with Crippen LogP contribution in [0.4, 0.5) is 5.69 Å². The van der Waals surface area contributed by atoms with Gasteiger partial charge >= 0.3 is 0 Å². The smallest absolute Gasteiger partial charge is 0.0379 e. The number of anilines is 1. The van der Waals surface area contributed by atoms with Crippen molar-refractivity contribution in [2.45, 2.75) is 32.2 Å². The Morgan fingerprint density at radius 2 is 2.36 bits per heavy atom. The molecule has 2 nitrogen and oxygen atoms in total. The highest BCUT2D eigenvalue weighted by molar-refractivity contribution is 5.59. The molecule has 1 heterocycles. The van der Waals surface area contributed by atoms with Crippen LogP contribution in [0.3, 0.4) is 0 Å². The molecule has 1 aromatic carbocycles. The fraction of sp³-hybridized carbons (Fsp3) is 0.500. The van der Waals surface area contributed by atoms with E-state index in [1.807, 2.05) is 6.92 Å². The van der Waals surface area contributed by atoms with Crippen molar-refractivity contribution in [3.8, 4) is 0 Å². The van der Waals surface area contributed by atoms with Crippen molar-refractivity contribution in [1.29, 1.82) is 0 Å². The summed E-state index contributed by atoms with van der Waals surface area (Å²) in [5, 5.41) is 3.42. The van der Waals surface area contributed by atoms with Gasteiger partial charge < -0.3 is 11.1 Å². The lowest BCUT2D eigenvalue weighted by molar-refractivity contribution is 0.738. The summed E-state index contributed by atoms with van der Waals surface area (Å²) in [5.74, 6) is 0.648. The van der Waals surface area contributed by atoms with E-state index in [9.17, 15) is 0 Å². The molecule has 0 spiro atoms.